The Hall–Kier alpha value is -0.120. The average molecular weight is 187 g/mol. The second kappa shape index (κ2) is 3.95. The molecule has 1 fully saturated rings. The summed E-state index contributed by atoms with van der Waals surface area (Å²) in [6.45, 7) is 8.32. The van der Waals surface area contributed by atoms with Gasteiger partial charge in [-0.05, 0) is 19.8 Å². The first-order valence-electron chi connectivity index (χ1n) is 5.11. The second-order valence-electron chi connectivity index (χ2n) is 4.27. The SMILES string of the molecule is CCC(O)(CC)COC1(C)CNC1. The van der Waals surface area contributed by atoms with Crippen LogP contribution in [0.2, 0.25) is 0 Å². The van der Waals surface area contributed by atoms with E-state index in [0.717, 1.165) is 25.9 Å². The van der Waals surface area contributed by atoms with E-state index in [2.05, 4.69) is 12.2 Å². The van der Waals surface area contributed by atoms with E-state index in [1.807, 2.05) is 13.8 Å². The maximum Gasteiger partial charge on any atom is 0.0903 e. The molecule has 0 aromatic rings. The smallest absolute Gasteiger partial charge is 0.0903 e. The fourth-order valence-electron chi connectivity index (χ4n) is 1.34. The van der Waals surface area contributed by atoms with Crippen molar-refractivity contribution >= 4 is 0 Å². The molecule has 0 aliphatic carbocycles. The number of hydrogen-bond donors (Lipinski definition) is 2. The van der Waals surface area contributed by atoms with Crippen molar-refractivity contribution in [1.82, 2.24) is 5.32 Å². The van der Waals surface area contributed by atoms with Crippen molar-refractivity contribution in [1.29, 1.82) is 0 Å². The monoisotopic (exact) mass is 187 g/mol. The predicted molar refractivity (Wildman–Crippen MR) is 52.8 cm³/mol. The molecule has 78 valence electrons. The largest absolute Gasteiger partial charge is 0.388 e. The Balaban J connectivity index is 2.31. The summed E-state index contributed by atoms with van der Waals surface area (Å²) >= 11 is 0. The lowest BCUT2D eigenvalue weighted by Crippen LogP contribution is -2.60. The molecule has 0 aromatic carbocycles. The van der Waals surface area contributed by atoms with Crippen LogP contribution in [0.4, 0.5) is 0 Å². The molecule has 2 N–H and O–H groups in total. The van der Waals surface area contributed by atoms with Crippen LogP contribution in [0, 0.1) is 0 Å². The Kier molecular flexibility index (Phi) is 3.33. The molecule has 13 heavy (non-hydrogen) atoms. The van der Waals surface area contributed by atoms with Crippen LogP contribution in [0.15, 0.2) is 0 Å². The summed E-state index contributed by atoms with van der Waals surface area (Å²) in [4.78, 5) is 0. The van der Waals surface area contributed by atoms with E-state index >= 15 is 0 Å². The van der Waals surface area contributed by atoms with E-state index in [-0.39, 0.29) is 5.60 Å². The van der Waals surface area contributed by atoms with Gasteiger partial charge in [0, 0.05) is 13.1 Å². The Morgan fingerprint density at radius 1 is 1.38 bits per heavy atom. The summed E-state index contributed by atoms with van der Waals surface area (Å²) in [6, 6.07) is 0. The molecule has 0 bridgehead atoms. The third-order valence-corrected chi connectivity index (χ3v) is 3.00. The minimum atomic E-state index is -0.626. The van der Waals surface area contributed by atoms with Crippen LogP contribution in [-0.2, 0) is 4.74 Å². The van der Waals surface area contributed by atoms with E-state index < -0.39 is 5.60 Å². The Bertz CT molecular complexity index is 162. The van der Waals surface area contributed by atoms with Gasteiger partial charge in [0.1, 0.15) is 0 Å². The molecule has 0 radical (unpaired) electrons. The van der Waals surface area contributed by atoms with Crippen LogP contribution >= 0.6 is 0 Å². The standard InChI is InChI=1S/C10H21NO2/c1-4-10(12,5-2)8-13-9(3)6-11-7-9/h11-12H,4-8H2,1-3H3. The van der Waals surface area contributed by atoms with Crippen LogP contribution < -0.4 is 5.32 Å². The highest BCUT2D eigenvalue weighted by molar-refractivity contribution is 4.91. The lowest BCUT2D eigenvalue weighted by molar-refractivity contribution is -0.133. The minimum absolute atomic E-state index is 0.0433. The molecule has 1 aliphatic rings. The minimum Gasteiger partial charge on any atom is -0.388 e. The van der Waals surface area contributed by atoms with Gasteiger partial charge in [0.15, 0.2) is 0 Å². The topological polar surface area (TPSA) is 41.5 Å². The van der Waals surface area contributed by atoms with E-state index in [9.17, 15) is 5.11 Å². The fourth-order valence-corrected chi connectivity index (χ4v) is 1.34. The molecule has 0 amide bonds. The van der Waals surface area contributed by atoms with Gasteiger partial charge < -0.3 is 15.2 Å². The highest BCUT2D eigenvalue weighted by Gasteiger charge is 2.35. The molecular formula is C10H21NO2. The van der Waals surface area contributed by atoms with Crippen molar-refractivity contribution in [3.05, 3.63) is 0 Å². The van der Waals surface area contributed by atoms with Gasteiger partial charge in [0.2, 0.25) is 0 Å². The Morgan fingerprint density at radius 3 is 2.23 bits per heavy atom. The van der Waals surface area contributed by atoms with Crippen LogP contribution in [0.25, 0.3) is 0 Å². The number of ether oxygens (including phenoxy) is 1. The quantitative estimate of drug-likeness (QED) is 0.672. The normalized spacial score (nSPS) is 21.2. The first kappa shape index (κ1) is 11.0. The maximum atomic E-state index is 9.97. The molecule has 3 heteroatoms. The first-order chi connectivity index (χ1) is 6.04. The predicted octanol–water partition coefficient (Wildman–Crippen LogP) is 0.916. The number of aliphatic hydroxyl groups is 1. The van der Waals surface area contributed by atoms with Gasteiger partial charge in [0.05, 0.1) is 17.8 Å². The van der Waals surface area contributed by atoms with Gasteiger partial charge in [-0.15, -0.1) is 0 Å². The van der Waals surface area contributed by atoms with Gasteiger partial charge >= 0.3 is 0 Å². The third kappa shape index (κ3) is 2.66. The molecule has 1 saturated heterocycles. The fraction of sp³-hybridized carbons (Fsp3) is 1.00. The summed E-state index contributed by atoms with van der Waals surface area (Å²) < 4.78 is 5.70. The summed E-state index contributed by atoms with van der Waals surface area (Å²) in [7, 11) is 0. The molecule has 0 spiro atoms. The Labute approximate surface area is 80.5 Å². The first-order valence-corrected chi connectivity index (χ1v) is 5.11. The molecule has 3 nitrogen and oxygen atoms in total. The molecule has 0 atom stereocenters. The van der Waals surface area contributed by atoms with Crippen LogP contribution in [0.1, 0.15) is 33.6 Å². The van der Waals surface area contributed by atoms with E-state index in [1.165, 1.54) is 0 Å². The Morgan fingerprint density at radius 2 is 1.92 bits per heavy atom. The van der Waals surface area contributed by atoms with Crippen molar-refractivity contribution < 1.29 is 9.84 Å². The molecule has 1 rings (SSSR count). The summed E-state index contributed by atoms with van der Waals surface area (Å²) in [5, 5.41) is 13.1. The van der Waals surface area contributed by atoms with Crippen LogP contribution in [0.5, 0.6) is 0 Å². The van der Waals surface area contributed by atoms with Crippen LogP contribution in [0.3, 0.4) is 0 Å². The van der Waals surface area contributed by atoms with Crippen molar-refractivity contribution in [2.24, 2.45) is 0 Å². The van der Waals surface area contributed by atoms with Crippen molar-refractivity contribution in [2.45, 2.75) is 44.8 Å². The van der Waals surface area contributed by atoms with E-state index in [0.29, 0.717) is 6.61 Å². The number of rotatable bonds is 5. The maximum absolute atomic E-state index is 9.97. The molecule has 0 aromatic heterocycles. The van der Waals surface area contributed by atoms with Gasteiger partial charge in [-0.3, -0.25) is 0 Å². The van der Waals surface area contributed by atoms with Gasteiger partial charge in [-0.1, -0.05) is 13.8 Å². The van der Waals surface area contributed by atoms with Crippen molar-refractivity contribution in [2.75, 3.05) is 19.7 Å². The van der Waals surface area contributed by atoms with Crippen LogP contribution in [-0.4, -0.2) is 36.0 Å². The highest BCUT2D eigenvalue weighted by Crippen LogP contribution is 2.21. The molecular weight excluding hydrogens is 166 g/mol. The highest BCUT2D eigenvalue weighted by atomic mass is 16.5. The van der Waals surface area contributed by atoms with Gasteiger partial charge in [-0.2, -0.15) is 0 Å². The molecule has 0 saturated carbocycles. The zero-order chi connectivity index (χ0) is 9.95. The molecule has 1 aliphatic heterocycles. The second-order valence-corrected chi connectivity index (χ2v) is 4.27. The third-order valence-electron chi connectivity index (χ3n) is 3.00. The van der Waals surface area contributed by atoms with Crippen molar-refractivity contribution in [3.8, 4) is 0 Å². The number of nitrogens with one attached hydrogen (secondary N) is 1. The average Bonchev–Trinajstić information content (AvgIpc) is 2.11. The number of hydrogen-bond acceptors (Lipinski definition) is 3. The zero-order valence-corrected chi connectivity index (χ0v) is 8.89. The molecule has 0 unspecified atom stereocenters. The van der Waals surface area contributed by atoms with Crippen molar-refractivity contribution in [3.63, 3.8) is 0 Å². The lowest BCUT2D eigenvalue weighted by Gasteiger charge is -2.41. The summed E-state index contributed by atoms with van der Waals surface area (Å²) in [5.74, 6) is 0. The van der Waals surface area contributed by atoms with Gasteiger partial charge in [-0.25, -0.2) is 0 Å². The van der Waals surface area contributed by atoms with Gasteiger partial charge in [0.25, 0.3) is 0 Å². The van der Waals surface area contributed by atoms with E-state index in [4.69, 9.17) is 4.74 Å². The van der Waals surface area contributed by atoms with E-state index in [1.54, 1.807) is 0 Å². The zero-order valence-electron chi connectivity index (χ0n) is 8.89. The molecule has 1 heterocycles. The summed E-state index contributed by atoms with van der Waals surface area (Å²) in [5.41, 5.74) is -0.670. The summed E-state index contributed by atoms with van der Waals surface area (Å²) in [6.07, 6.45) is 1.51. The lowest BCUT2D eigenvalue weighted by atomic mass is 9.96.